The molecule has 0 radical (unpaired) electrons. The fraction of sp³-hybridized carbons (Fsp3) is 0.393. The molecule has 4 rings (SSSR count). The SMILES string of the molecule is CCc1nc(C)nc(N2CCCN(C(=O)Nc3cccc(C(F)(F)F)c3)CC2)c1Cc1ccc(C)cc1. The van der Waals surface area contributed by atoms with Crippen LogP contribution in [0.5, 0.6) is 0 Å². The zero-order valence-corrected chi connectivity index (χ0v) is 21.4. The van der Waals surface area contributed by atoms with Crippen LogP contribution in [-0.4, -0.2) is 47.1 Å². The predicted octanol–water partition coefficient (Wildman–Crippen LogP) is 6.01. The third-order valence-electron chi connectivity index (χ3n) is 6.54. The topological polar surface area (TPSA) is 61.4 Å². The van der Waals surface area contributed by atoms with Gasteiger partial charge in [0.2, 0.25) is 0 Å². The molecule has 0 saturated carbocycles. The number of rotatable bonds is 5. The molecule has 1 fully saturated rings. The van der Waals surface area contributed by atoms with Gasteiger partial charge >= 0.3 is 12.2 Å². The van der Waals surface area contributed by atoms with Crippen molar-refractivity contribution in [3.05, 3.63) is 82.3 Å². The Morgan fingerprint density at radius 1 is 1.00 bits per heavy atom. The van der Waals surface area contributed by atoms with Crippen molar-refractivity contribution < 1.29 is 18.0 Å². The Hall–Kier alpha value is -3.62. The number of halogens is 3. The number of aryl methyl sites for hydroxylation is 3. The average molecular weight is 512 g/mol. The molecule has 9 heteroatoms. The van der Waals surface area contributed by atoms with E-state index in [1.165, 1.54) is 23.3 Å². The summed E-state index contributed by atoms with van der Waals surface area (Å²) in [7, 11) is 0. The van der Waals surface area contributed by atoms with Crippen LogP contribution in [0, 0.1) is 13.8 Å². The maximum absolute atomic E-state index is 13.0. The molecule has 6 nitrogen and oxygen atoms in total. The van der Waals surface area contributed by atoms with Crippen molar-refractivity contribution in [3.63, 3.8) is 0 Å². The molecule has 2 amide bonds. The van der Waals surface area contributed by atoms with Crippen LogP contribution in [0.25, 0.3) is 0 Å². The summed E-state index contributed by atoms with van der Waals surface area (Å²) in [5.41, 5.74) is 3.84. The van der Waals surface area contributed by atoms with Gasteiger partial charge in [0, 0.05) is 49.5 Å². The van der Waals surface area contributed by atoms with Gasteiger partial charge in [-0.2, -0.15) is 13.2 Å². The molecule has 1 N–H and O–H groups in total. The lowest BCUT2D eigenvalue weighted by Crippen LogP contribution is -2.38. The second-order valence-corrected chi connectivity index (χ2v) is 9.37. The molecule has 196 valence electrons. The van der Waals surface area contributed by atoms with Crippen molar-refractivity contribution in [2.75, 3.05) is 36.4 Å². The number of nitrogens with zero attached hydrogens (tertiary/aromatic N) is 4. The molecule has 3 aromatic rings. The first kappa shape index (κ1) is 26.4. The number of aromatic nitrogens is 2. The van der Waals surface area contributed by atoms with Crippen molar-refractivity contribution in [2.24, 2.45) is 0 Å². The number of hydrogen-bond acceptors (Lipinski definition) is 4. The first-order valence-electron chi connectivity index (χ1n) is 12.5. The molecule has 2 heterocycles. The zero-order chi connectivity index (χ0) is 26.6. The molecule has 37 heavy (non-hydrogen) atoms. The van der Waals surface area contributed by atoms with Gasteiger partial charge in [-0.3, -0.25) is 0 Å². The minimum Gasteiger partial charge on any atom is -0.354 e. The van der Waals surface area contributed by atoms with Crippen molar-refractivity contribution in [1.82, 2.24) is 14.9 Å². The Labute approximate surface area is 215 Å². The van der Waals surface area contributed by atoms with Crippen molar-refractivity contribution in [3.8, 4) is 0 Å². The fourth-order valence-corrected chi connectivity index (χ4v) is 4.59. The molecular formula is C28H32F3N5O. The summed E-state index contributed by atoms with van der Waals surface area (Å²) in [6, 6.07) is 12.7. The van der Waals surface area contributed by atoms with Gasteiger partial charge in [-0.15, -0.1) is 0 Å². The van der Waals surface area contributed by atoms with E-state index in [1.54, 1.807) is 4.90 Å². The first-order valence-corrected chi connectivity index (χ1v) is 12.5. The van der Waals surface area contributed by atoms with E-state index in [1.807, 2.05) is 6.92 Å². The van der Waals surface area contributed by atoms with Crippen LogP contribution in [-0.2, 0) is 19.0 Å². The highest BCUT2D eigenvalue weighted by atomic mass is 19.4. The molecule has 0 aliphatic carbocycles. The van der Waals surface area contributed by atoms with Crippen molar-refractivity contribution in [2.45, 2.75) is 46.2 Å². The highest BCUT2D eigenvalue weighted by Gasteiger charge is 2.31. The number of nitrogens with one attached hydrogen (secondary N) is 1. The zero-order valence-electron chi connectivity index (χ0n) is 21.4. The molecule has 0 bridgehead atoms. The third kappa shape index (κ3) is 6.58. The molecular weight excluding hydrogens is 479 g/mol. The summed E-state index contributed by atoms with van der Waals surface area (Å²) >= 11 is 0. The maximum Gasteiger partial charge on any atom is 0.416 e. The van der Waals surface area contributed by atoms with Gasteiger partial charge < -0.3 is 15.1 Å². The number of carbonyl (C=O) groups excluding carboxylic acids is 1. The molecule has 1 saturated heterocycles. The molecule has 2 aromatic carbocycles. The van der Waals surface area contributed by atoms with Gasteiger partial charge in [0.05, 0.1) is 5.56 Å². The molecule has 0 spiro atoms. The number of carbonyl (C=O) groups is 1. The van der Waals surface area contributed by atoms with E-state index in [0.717, 1.165) is 42.0 Å². The Morgan fingerprint density at radius 3 is 2.46 bits per heavy atom. The normalized spacial score (nSPS) is 14.4. The van der Waals surface area contributed by atoms with Crippen LogP contribution < -0.4 is 10.2 Å². The van der Waals surface area contributed by atoms with E-state index in [4.69, 9.17) is 9.97 Å². The lowest BCUT2D eigenvalue weighted by molar-refractivity contribution is -0.137. The number of hydrogen-bond donors (Lipinski definition) is 1. The Morgan fingerprint density at radius 2 is 1.76 bits per heavy atom. The van der Waals surface area contributed by atoms with Crippen LogP contribution in [0.15, 0.2) is 48.5 Å². The third-order valence-corrected chi connectivity index (χ3v) is 6.54. The second kappa shape index (κ2) is 11.2. The van der Waals surface area contributed by atoms with E-state index < -0.39 is 17.8 Å². The number of urea groups is 1. The monoisotopic (exact) mass is 511 g/mol. The summed E-state index contributed by atoms with van der Waals surface area (Å²) in [5.74, 6) is 1.60. The largest absolute Gasteiger partial charge is 0.416 e. The summed E-state index contributed by atoms with van der Waals surface area (Å²) in [6.45, 7) is 8.26. The van der Waals surface area contributed by atoms with Crippen LogP contribution in [0.4, 0.5) is 29.5 Å². The number of benzene rings is 2. The fourth-order valence-electron chi connectivity index (χ4n) is 4.59. The maximum atomic E-state index is 13.0. The minimum absolute atomic E-state index is 0.125. The van der Waals surface area contributed by atoms with E-state index in [0.29, 0.717) is 38.4 Å². The highest BCUT2D eigenvalue weighted by Crippen LogP contribution is 2.31. The lowest BCUT2D eigenvalue weighted by Gasteiger charge is -2.26. The van der Waals surface area contributed by atoms with E-state index in [9.17, 15) is 18.0 Å². The van der Waals surface area contributed by atoms with Gasteiger partial charge in [0.1, 0.15) is 11.6 Å². The summed E-state index contributed by atoms with van der Waals surface area (Å²) < 4.78 is 39.1. The Bertz CT molecular complexity index is 1240. The van der Waals surface area contributed by atoms with Crippen LogP contribution in [0.2, 0.25) is 0 Å². The number of alkyl halides is 3. The second-order valence-electron chi connectivity index (χ2n) is 9.37. The molecule has 1 aliphatic rings. The van der Waals surface area contributed by atoms with Crippen molar-refractivity contribution >= 4 is 17.5 Å². The Balaban J connectivity index is 1.51. The van der Waals surface area contributed by atoms with Gasteiger partial charge in [-0.1, -0.05) is 42.8 Å². The average Bonchev–Trinajstić information content (AvgIpc) is 3.12. The Kier molecular flexibility index (Phi) is 8.00. The van der Waals surface area contributed by atoms with Crippen molar-refractivity contribution in [1.29, 1.82) is 0 Å². The smallest absolute Gasteiger partial charge is 0.354 e. The van der Waals surface area contributed by atoms with Crippen LogP contribution in [0.1, 0.15) is 47.1 Å². The quantitative estimate of drug-likeness (QED) is 0.456. The molecule has 1 aliphatic heterocycles. The summed E-state index contributed by atoms with van der Waals surface area (Å²) in [5, 5.41) is 2.63. The van der Waals surface area contributed by atoms with Crippen LogP contribution in [0.3, 0.4) is 0 Å². The van der Waals surface area contributed by atoms with Gasteiger partial charge in [-0.25, -0.2) is 14.8 Å². The number of amides is 2. The van der Waals surface area contributed by atoms with E-state index in [-0.39, 0.29) is 5.69 Å². The molecule has 0 unspecified atom stereocenters. The highest BCUT2D eigenvalue weighted by molar-refractivity contribution is 5.89. The molecule has 0 atom stereocenters. The minimum atomic E-state index is -4.47. The van der Waals surface area contributed by atoms with Gasteiger partial charge in [0.15, 0.2) is 0 Å². The molecule has 1 aromatic heterocycles. The van der Waals surface area contributed by atoms with Gasteiger partial charge in [0.25, 0.3) is 0 Å². The van der Waals surface area contributed by atoms with Gasteiger partial charge in [-0.05, 0) is 50.5 Å². The first-order chi connectivity index (χ1) is 17.6. The summed E-state index contributed by atoms with van der Waals surface area (Å²) in [6.07, 6.45) is -2.25. The van der Waals surface area contributed by atoms with E-state index in [2.05, 4.69) is 48.3 Å². The van der Waals surface area contributed by atoms with Crippen LogP contribution >= 0.6 is 0 Å². The lowest BCUT2D eigenvalue weighted by atomic mass is 10.0. The standard InChI is InChI=1S/C28H32F3N5O/c1-4-25-24(17-21-11-9-19(2)10-12-21)26(33-20(3)32-25)35-13-6-14-36(16-15-35)27(37)34-23-8-5-7-22(18-23)28(29,30)31/h5,7-12,18H,4,6,13-17H2,1-3H3,(H,34,37). The number of anilines is 2. The predicted molar refractivity (Wildman–Crippen MR) is 139 cm³/mol. The summed E-state index contributed by atoms with van der Waals surface area (Å²) in [4.78, 5) is 26.3. The van der Waals surface area contributed by atoms with E-state index >= 15 is 0 Å².